The fourth-order valence-electron chi connectivity index (χ4n) is 1.53. The van der Waals surface area contributed by atoms with Crippen molar-refractivity contribution in [1.82, 2.24) is 20.2 Å². The molecule has 2 aromatic heterocycles. The van der Waals surface area contributed by atoms with E-state index in [1.807, 2.05) is 24.3 Å². The third-order valence-corrected chi connectivity index (χ3v) is 4.15. The molecule has 0 unspecified atom stereocenters. The van der Waals surface area contributed by atoms with Crippen molar-refractivity contribution in [1.29, 1.82) is 0 Å². The van der Waals surface area contributed by atoms with E-state index in [1.54, 1.807) is 0 Å². The van der Waals surface area contributed by atoms with Gasteiger partial charge in [0.25, 0.3) is 0 Å². The fraction of sp³-hybridized carbons (Fsp3) is 0.0909. The van der Waals surface area contributed by atoms with Crippen molar-refractivity contribution < 1.29 is 4.79 Å². The van der Waals surface area contributed by atoms with Crippen molar-refractivity contribution in [3.63, 3.8) is 0 Å². The topological polar surface area (TPSA) is 110 Å². The lowest BCUT2D eigenvalue weighted by atomic mass is 10.3. The maximum Gasteiger partial charge on any atom is 0.236 e. The zero-order chi connectivity index (χ0) is 13.9. The Morgan fingerprint density at radius 2 is 2.25 bits per heavy atom. The molecule has 9 heteroatoms. The van der Waals surface area contributed by atoms with Crippen molar-refractivity contribution in [2.24, 2.45) is 0 Å². The molecule has 1 amide bonds. The van der Waals surface area contributed by atoms with Gasteiger partial charge >= 0.3 is 0 Å². The summed E-state index contributed by atoms with van der Waals surface area (Å²) >= 11 is 2.65. The molecule has 0 aliphatic carbocycles. The summed E-state index contributed by atoms with van der Waals surface area (Å²) in [4.78, 5) is 20.0. The molecule has 7 nitrogen and oxygen atoms in total. The van der Waals surface area contributed by atoms with Crippen molar-refractivity contribution >= 4 is 50.3 Å². The van der Waals surface area contributed by atoms with Gasteiger partial charge in [-0.25, -0.2) is 10.1 Å². The number of aromatic amines is 1. The van der Waals surface area contributed by atoms with E-state index >= 15 is 0 Å². The van der Waals surface area contributed by atoms with Gasteiger partial charge in [0, 0.05) is 0 Å². The number of carbonyl (C=O) groups excluding carboxylic acids is 1. The van der Waals surface area contributed by atoms with Crippen molar-refractivity contribution in [2.45, 2.75) is 5.16 Å². The normalized spacial score (nSPS) is 10.8. The molecule has 20 heavy (non-hydrogen) atoms. The molecule has 0 saturated carbocycles. The number of nitrogen functional groups attached to an aromatic ring is 1. The van der Waals surface area contributed by atoms with Crippen LogP contribution in [0.25, 0.3) is 10.2 Å². The minimum atomic E-state index is -0.155. The van der Waals surface area contributed by atoms with Crippen LogP contribution in [0.1, 0.15) is 0 Å². The van der Waals surface area contributed by atoms with E-state index in [9.17, 15) is 4.79 Å². The van der Waals surface area contributed by atoms with Crippen LogP contribution in [0.5, 0.6) is 0 Å². The Morgan fingerprint density at radius 3 is 3.00 bits per heavy atom. The second-order valence-electron chi connectivity index (χ2n) is 3.83. The second kappa shape index (κ2) is 5.47. The first-order chi connectivity index (χ1) is 9.70. The number of benzene rings is 1. The molecule has 0 bridgehead atoms. The maximum atomic E-state index is 11.8. The molecule has 0 saturated heterocycles. The number of amides is 1. The van der Waals surface area contributed by atoms with E-state index in [2.05, 4.69) is 25.5 Å². The third-order valence-electron chi connectivity index (χ3n) is 2.35. The van der Waals surface area contributed by atoms with E-state index in [1.165, 1.54) is 23.1 Å². The molecule has 0 fully saturated rings. The van der Waals surface area contributed by atoms with Crippen molar-refractivity contribution in [2.75, 3.05) is 16.8 Å². The molecule has 0 aliphatic rings. The molecule has 2 heterocycles. The van der Waals surface area contributed by atoms with E-state index < -0.39 is 0 Å². The quantitative estimate of drug-likeness (QED) is 0.633. The minimum absolute atomic E-state index is 0.155. The molecule has 0 radical (unpaired) electrons. The molecular weight excluding hydrogens is 296 g/mol. The number of thiazole rings is 1. The van der Waals surface area contributed by atoms with Gasteiger partial charge < -0.3 is 11.1 Å². The van der Waals surface area contributed by atoms with E-state index in [0.717, 1.165) is 10.2 Å². The number of fused-ring (bicyclic) bond motifs is 1. The Labute approximate surface area is 122 Å². The fourth-order valence-corrected chi connectivity index (χ4v) is 3.02. The van der Waals surface area contributed by atoms with Crippen molar-refractivity contribution in [3.05, 3.63) is 24.3 Å². The van der Waals surface area contributed by atoms with Gasteiger partial charge in [-0.15, -0.1) is 5.10 Å². The predicted molar refractivity (Wildman–Crippen MR) is 79.8 cm³/mol. The van der Waals surface area contributed by atoms with Crippen LogP contribution in [0.15, 0.2) is 29.4 Å². The van der Waals surface area contributed by atoms with Crippen LogP contribution in [-0.2, 0) is 4.79 Å². The van der Waals surface area contributed by atoms with Crippen LogP contribution < -0.4 is 11.1 Å². The lowest BCUT2D eigenvalue weighted by Crippen LogP contribution is -2.13. The van der Waals surface area contributed by atoms with Gasteiger partial charge in [0.1, 0.15) is 0 Å². The number of nitrogens with one attached hydrogen (secondary N) is 2. The number of thioether (sulfide) groups is 1. The number of nitrogens with two attached hydrogens (primary N) is 1. The SMILES string of the molecule is Nc1nc(SCC(=O)Nc2nc3ccccc3s2)n[nH]1. The highest BCUT2D eigenvalue weighted by Gasteiger charge is 2.09. The number of para-hydroxylation sites is 1. The summed E-state index contributed by atoms with van der Waals surface area (Å²) in [5.41, 5.74) is 6.28. The summed E-state index contributed by atoms with van der Waals surface area (Å²) in [5, 5.41) is 10.1. The van der Waals surface area contributed by atoms with Gasteiger partial charge in [0.05, 0.1) is 16.0 Å². The Morgan fingerprint density at radius 1 is 1.40 bits per heavy atom. The maximum absolute atomic E-state index is 11.8. The van der Waals surface area contributed by atoms with Crippen LogP contribution in [0.3, 0.4) is 0 Å². The second-order valence-corrected chi connectivity index (χ2v) is 5.80. The lowest BCUT2D eigenvalue weighted by Gasteiger charge is -1.98. The van der Waals surface area contributed by atoms with Crippen LogP contribution in [0, 0.1) is 0 Å². The van der Waals surface area contributed by atoms with E-state index in [0.29, 0.717) is 10.3 Å². The Balaban J connectivity index is 1.60. The molecule has 102 valence electrons. The number of carbonyl (C=O) groups is 1. The molecule has 0 atom stereocenters. The zero-order valence-corrected chi connectivity index (χ0v) is 11.8. The summed E-state index contributed by atoms with van der Waals surface area (Å²) in [6, 6.07) is 7.73. The molecule has 4 N–H and O–H groups in total. The van der Waals surface area contributed by atoms with Gasteiger partial charge in [-0.3, -0.25) is 4.79 Å². The number of nitrogens with zero attached hydrogens (tertiary/aromatic N) is 3. The number of hydrogen-bond acceptors (Lipinski definition) is 7. The molecule has 0 spiro atoms. The summed E-state index contributed by atoms with van der Waals surface area (Å²) in [6.45, 7) is 0. The predicted octanol–water partition coefficient (Wildman–Crippen LogP) is 1.73. The first kappa shape index (κ1) is 12.9. The Hall–Kier alpha value is -2.13. The summed E-state index contributed by atoms with van der Waals surface area (Å²) in [5.74, 6) is 0.282. The number of rotatable bonds is 4. The molecular formula is C11H10N6OS2. The largest absolute Gasteiger partial charge is 0.368 e. The zero-order valence-electron chi connectivity index (χ0n) is 10.2. The van der Waals surface area contributed by atoms with Crippen LogP contribution in [-0.4, -0.2) is 31.8 Å². The first-order valence-corrected chi connectivity index (χ1v) is 7.47. The van der Waals surface area contributed by atoms with Gasteiger partial charge in [-0.05, 0) is 12.1 Å². The molecule has 3 aromatic rings. The highest BCUT2D eigenvalue weighted by molar-refractivity contribution is 7.99. The van der Waals surface area contributed by atoms with Crippen molar-refractivity contribution in [3.8, 4) is 0 Å². The van der Waals surface area contributed by atoms with Crippen LogP contribution in [0.4, 0.5) is 11.1 Å². The van der Waals surface area contributed by atoms with Gasteiger partial charge in [0.15, 0.2) is 5.13 Å². The van der Waals surface area contributed by atoms with E-state index in [4.69, 9.17) is 5.73 Å². The van der Waals surface area contributed by atoms with Crippen LogP contribution >= 0.6 is 23.1 Å². The average molecular weight is 306 g/mol. The van der Waals surface area contributed by atoms with Gasteiger partial charge in [-0.1, -0.05) is 35.2 Å². The smallest absolute Gasteiger partial charge is 0.236 e. The van der Waals surface area contributed by atoms with Crippen LogP contribution in [0.2, 0.25) is 0 Å². The molecule has 3 rings (SSSR count). The third kappa shape index (κ3) is 2.89. The average Bonchev–Trinajstić information content (AvgIpc) is 3.01. The summed E-state index contributed by atoms with van der Waals surface area (Å²) in [6.07, 6.45) is 0. The Kier molecular flexibility index (Phi) is 3.52. The number of anilines is 2. The minimum Gasteiger partial charge on any atom is -0.368 e. The standard InChI is InChI=1S/C11H10N6OS2/c12-9-15-11(17-16-9)19-5-8(18)14-10-13-6-3-1-2-4-7(6)20-10/h1-4H,5H2,(H,13,14,18)(H3,12,15,16,17). The molecule has 0 aliphatic heterocycles. The molecule has 1 aromatic carbocycles. The highest BCUT2D eigenvalue weighted by Crippen LogP contribution is 2.25. The summed E-state index contributed by atoms with van der Waals surface area (Å²) in [7, 11) is 0. The Bertz CT molecular complexity index is 719. The monoisotopic (exact) mass is 306 g/mol. The number of aromatic nitrogens is 4. The highest BCUT2D eigenvalue weighted by atomic mass is 32.2. The van der Waals surface area contributed by atoms with Gasteiger partial charge in [0.2, 0.25) is 17.0 Å². The number of H-pyrrole nitrogens is 1. The first-order valence-electron chi connectivity index (χ1n) is 5.67. The lowest BCUT2D eigenvalue weighted by molar-refractivity contribution is -0.113. The number of hydrogen-bond donors (Lipinski definition) is 3. The van der Waals surface area contributed by atoms with Gasteiger partial charge in [-0.2, -0.15) is 4.98 Å². The summed E-state index contributed by atoms with van der Waals surface area (Å²) < 4.78 is 1.04. The van der Waals surface area contributed by atoms with E-state index in [-0.39, 0.29) is 17.6 Å².